The molecule has 0 fully saturated rings. The summed E-state index contributed by atoms with van der Waals surface area (Å²) in [5, 5.41) is 8.74. The third-order valence-corrected chi connectivity index (χ3v) is 3.47. The van der Waals surface area contributed by atoms with Crippen LogP contribution in [0.5, 0.6) is 0 Å². The van der Waals surface area contributed by atoms with Gasteiger partial charge in [-0.2, -0.15) is 0 Å². The fourth-order valence-electron chi connectivity index (χ4n) is 1.18. The number of rotatable bonds is 3. The van der Waals surface area contributed by atoms with Crippen molar-refractivity contribution in [1.29, 1.82) is 0 Å². The average Bonchev–Trinajstić information content (AvgIpc) is 2.74. The Morgan fingerprint density at radius 2 is 2.36 bits per heavy atom. The molecule has 0 aliphatic carbocycles. The van der Waals surface area contributed by atoms with Crippen molar-refractivity contribution in [2.75, 3.05) is 6.61 Å². The van der Waals surface area contributed by atoms with Gasteiger partial charge in [0.2, 0.25) is 0 Å². The highest BCUT2D eigenvalue weighted by Crippen LogP contribution is 2.29. The van der Waals surface area contributed by atoms with Crippen LogP contribution in [0.25, 0.3) is 10.6 Å². The Morgan fingerprint density at radius 1 is 1.50 bits per heavy atom. The van der Waals surface area contributed by atoms with Gasteiger partial charge in [-0.25, -0.2) is 4.98 Å². The number of aliphatic hydroxyl groups excluding tert-OH is 1. The van der Waals surface area contributed by atoms with E-state index in [-0.39, 0.29) is 6.61 Å². The van der Waals surface area contributed by atoms with Crippen LogP contribution in [0.15, 0.2) is 22.1 Å². The Bertz CT molecular complexity index is 424. The van der Waals surface area contributed by atoms with E-state index in [1.54, 1.807) is 17.5 Å². The predicted octanol–water partition coefficient (Wildman–Crippen LogP) is 2.44. The molecule has 0 radical (unpaired) electrons. The molecule has 74 valence electrons. The van der Waals surface area contributed by atoms with Crippen LogP contribution in [0.1, 0.15) is 5.82 Å². The van der Waals surface area contributed by atoms with E-state index in [2.05, 4.69) is 25.9 Å². The van der Waals surface area contributed by atoms with Crippen LogP contribution in [0.3, 0.4) is 0 Å². The second kappa shape index (κ2) is 4.25. The summed E-state index contributed by atoms with van der Waals surface area (Å²) in [4.78, 5) is 8.48. The van der Waals surface area contributed by atoms with Crippen LogP contribution in [-0.2, 0) is 6.42 Å². The summed E-state index contributed by atoms with van der Waals surface area (Å²) in [7, 11) is 0. The fourth-order valence-corrected chi connectivity index (χ4v) is 2.53. The molecule has 2 rings (SSSR count). The van der Waals surface area contributed by atoms with E-state index in [0.717, 1.165) is 20.2 Å². The molecule has 2 aromatic rings. The normalized spacial score (nSPS) is 10.7. The molecule has 0 aliphatic rings. The fraction of sp³-hybridized carbons (Fsp3) is 0.222. The number of hydrogen-bond donors (Lipinski definition) is 2. The number of thiophene rings is 1. The molecule has 0 bridgehead atoms. The number of aromatic amines is 1. The van der Waals surface area contributed by atoms with E-state index in [0.29, 0.717) is 6.42 Å². The first kappa shape index (κ1) is 9.89. The number of imidazole rings is 1. The van der Waals surface area contributed by atoms with Crippen molar-refractivity contribution in [3.8, 4) is 10.6 Å². The Labute approximate surface area is 93.9 Å². The van der Waals surface area contributed by atoms with Crippen molar-refractivity contribution < 1.29 is 5.11 Å². The third kappa shape index (κ3) is 2.05. The first-order valence-electron chi connectivity index (χ1n) is 4.20. The van der Waals surface area contributed by atoms with Crippen molar-refractivity contribution in [2.45, 2.75) is 6.42 Å². The Kier molecular flexibility index (Phi) is 3.00. The molecule has 14 heavy (non-hydrogen) atoms. The summed E-state index contributed by atoms with van der Waals surface area (Å²) in [6, 6.07) is 4.04. The molecule has 3 nitrogen and oxygen atoms in total. The predicted molar refractivity (Wildman–Crippen MR) is 60.4 cm³/mol. The van der Waals surface area contributed by atoms with Crippen molar-refractivity contribution in [1.82, 2.24) is 9.97 Å². The maximum absolute atomic E-state index is 8.74. The van der Waals surface area contributed by atoms with Crippen molar-refractivity contribution in [3.63, 3.8) is 0 Å². The molecule has 2 aromatic heterocycles. The van der Waals surface area contributed by atoms with Crippen LogP contribution in [-0.4, -0.2) is 21.7 Å². The minimum atomic E-state index is 0.126. The summed E-state index contributed by atoms with van der Waals surface area (Å²) in [5.41, 5.74) is 1.00. The summed E-state index contributed by atoms with van der Waals surface area (Å²) >= 11 is 5.07. The van der Waals surface area contributed by atoms with E-state index in [4.69, 9.17) is 5.11 Å². The summed E-state index contributed by atoms with van der Waals surface area (Å²) in [6.07, 6.45) is 2.37. The molecule has 2 heterocycles. The van der Waals surface area contributed by atoms with Gasteiger partial charge in [0.1, 0.15) is 5.82 Å². The van der Waals surface area contributed by atoms with Gasteiger partial charge >= 0.3 is 0 Å². The molecule has 0 atom stereocenters. The van der Waals surface area contributed by atoms with Gasteiger partial charge in [-0.3, -0.25) is 0 Å². The maximum Gasteiger partial charge on any atom is 0.108 e. The van der Waals surface area contributed by atoms with Crippen LogP contribution < -0.4 is 0 Å². The number of halogens is 1. The first-order chi connectivity index (χ1) is 6.79. The van der Waals surface area contributed by atoms with E-state index in [1.165, 1.54) is 0 Å². The first-order valence-corrected chi connectivity index (χ1v) is 5.81. The number of nitrogens with zero attached hydrogens (tertiary/aromatic N) is 1. The number of aliphatic hydroxyl groups is 1. The number of H-pyrrole nitrogens is 1. The lowest BCUT2D eigenvalue weighted by molar-refractivity contribution is 0.297. The molecule has 0 amide bonds. The largest absolute Gasteiger partial charge is 0.396 e. The van der Waals surface area contributed by atoms with Crippen LogP contribution in [0.4, 0.5) is 0 Å². The van der Waals surface area contributed by atoms with E-state index in [1.807, 2.05) is 12.1 Å². The molecule has 0 saturated carbocycles. The SMILES string of the molecule is OCCc1ncc(-c2ccc(Br)s2)[nH]1. The maximum atomic E-state index is 8.74. The quantitative estimate of drug-likeness (QED) is 0.902. The van der Waals surface area contributed by atoms with Gasteiger partial charge < -0.3 is 10.1 Å². The molecule has 2 N–H and O–H groups in total. The zero-order chi connectivity index (χ0) is 9.97. The van der Waals surface area contributed by atoms with Crippen molar-refractivity contribution in [3.05, 3.63) is 27.9 Å². The third-order valence-electron chi connectivity index (χ3n) is 1.82. The Balaban J connectivity index is 2.24. The minimum absolute atomic E-state index is 0.126. The topological polar surface area (TPSA) is 48.9 Å². The summed E-state index contributed by atoms with van der Waals surface area (Å²) in [6.45, 7) is 0.126. The Hall–Kier alpha value is -0.650. The molecule has 0 aliphatic heterocycles. The number of hydrogen-bond acceptors (Lipinski definition) is 3. The number of aromatic nitrogens is 2. The van der Waals surface area contributed by atoms with Gasteiger partial charge in [-0.1, -0.05) is 0 Å². The lowest BCUT2D eigenvalue weighted by Crippen LogP contribution is -1.92. The second-order valence-corrected chi connectivity index (χ2v) is 5.28. The molecule has 0 saturated heterocycles. The van der Waals surface area contributed by atoms with Gasteiger partial charge in [0.05, 0.1) is 27.2 Å². The molecule has 0 aromatic carbocycles. The standard InChI is InChI=1S/C9H9BrN2OS/c10-8-2-1-7(14-8)6-5-11-9(12-6)3-4-13/h1-2,5,13H,3-4H2,(H,11,12). The average molecular weight is 273 g/mol. The van der Waals surface area contributed by atoms with Crippen molar-refractivity contribution >= 4 is 27.3 Å². The number of nitrogens with one attached hydrogen (secondary N) is 1. The monoisotopic (exact) mass is 272 g/mol. The molecule has 0 unspecified atom stereocenters. The van der Waals surface area contributed by atoms with E-state index < -0.39 is 0 Å². The van der Waals surface area contributed by atoms with Gasteiger partial charge in [0.25, 0.3) is 0 Å². The van der Waals surface area contributed by atoms with Crippen LogP contribution in [0.2, 0.25) is 0 Å². The van der Waals surface area contributed by atoms with E-state index >= 15 is 0 Å². The van der Waals surface area contributed by atoms with E-state index in [9.17, 15) is 0 Å². The molecular formula is C9H9BrN2OS. The highest BCUT2D eigenvalue weighted by atomic mass is 79.9. The van der Waals surface area contributed by atoms with Gasteiger partial charge in [0, 0.05) is 6.42 Å². The zero-order valence-electron chi connectivity index (χ0n) is 7.33. The van der Waals surface area contributed by atoms with Gasteiger partial charge in [-0.15, -0.1) is 11.3 Å². The summed E-state index contributed by atoms with van der Waals surface area (Å²) < 4.78 is 1.10. The van der Waals surface area contributed by atoms with Crippen LogP contribution >= 0.6 is 27.3 Å². The highest BCUT2D eigenvalue weighted by Gasteiger charge is 2.04. The lowest BCUT2D eigenvalue weighted by Gasteiger charge is -1.90. The molecule has 5 heteroatoms. The van der Waals surface area contributed by atoms with Gasteiger partial charge in [0.15, 0.2) is 0 Å². The zero-order valence-corrected chi connectivity index (χ0v) is 9.73. The van der Waals surface area contributed by atoms with Crippen molar-refractivity contribution in [2.24, 2.45) is 0 Å². The van der Waals surface area contributed by atoms with Gasteiger partial charge in [-0.05, 0) is 28.1 Å². The lowest BCUT2D eigenvalue weighted by atomic mass is 10.4. The molecule has 0 spiro atoms. The molecular weight excluding hydrogens is 264 g/mol. The summed E-state index contributed by atoms with van der Waals surface area (Å²) in [5.74, 6) is 0.826. The second-order valence-electron chi connectivity index (χ2n) is 2.82. The minimum Gasteiger partial charge on any atom is -0.396 e. The van der Waals surface area contributed by atoms with Crippen LogP contribution in [0, 0.1) is 0 Å². The smallest absolute Gasteiger partial charge is 0.108 e. The Morgan fingerprint density at radius 3 is 3.00 bits per heavy atom. The highest BCUT2D eigenvalue weighted by molar-refractivity contribution is 9.11.